The van der Waals surface area contributed by atoms with Crippen LogP contribution < -0.4 is 0 Å². The highest BCUT2D eigenvalue weighted by atomic mass is 16.7. The van der Waals surface area contributed by atoms with Crippen LogP contribution in [0.15, 0.2) is 18.2 Å². The zero-order chi connectivity index (χ0) is 13.3. The van der Waals surface area contributed by atoms with Crippen LogP contribution in [0.2, 0.25) is 0 Å². The number of hydrogen-bond donors (Lipinski definition) is 2. The van der Waals surface area contributed by atoms with E-state index in [1.165, 1.54) is 6.07 Å². The van der Waals surface area contributed by atoms with Crippen molar-refractivity contribution in [3.63, 3.8) is 0 Å². The summed E-state index contributed by atoms with van der Waals surface area (Å²) in [6, 6.07) is 3.25. The SMILES string of the molecule is O=C(ON1C(=O)CCC1=O)c1cc(O)ccc1O. The Hall–Kier alpha value is -2.57. The quantitative estimate of drug-likeness (QED) is 0.579. The largest absolute Gasteiger partial charge is 0.508 e. The number of carbonyl (C=O) groups is 3. The number of amides is 2. The average molecular weight is 251 g/mol. The molecule has 0 radical (unpaired) electrons. The van der Waals surface area contributed by atoms with Crippen LogP contribution in [0.1, 0.15) is 23.2 Å². The number of nitrogens with zero attached hydrogens (tertiary/aromatic N) is 1. The van der Waals surface area contributed by atoms with Crippen molar-refractivity contribution < 1.29 is 29.4 Å². The van der Waals surface area contributed by atoms with Crippen LogP contribution >= 0.6 is 0 Å². The summed E-state index contributed by atoms with van der Waals surface area (Å²) in [7, 11) is 0. The number of benzene rings is 1. The average Bonchev–Trinajstić information content (AvgIpc) is 2.64. The second-order valence-corrected chi connectivity index (χ2v) is 3.66. The van der Waals surface area contributed by atoms with Crippen molar-refractivity contribution in [1.82, 2.24) is 5.06 Å². The molecule has 7 nitrogen and oxygen atoms in total. The third-order valence-corrected chi connectivity index (χ3v) is 2.38. The third kappa shape index (κ3) is 2.10. The lowest BCUT2D eigenvalue weighted by Crippen LogP contribution is -2.32. The molecule has 1 aliphatic rings. The first-order valence-electron chi connectivity index (χ1n) is 5.09. The maximum atomic E-state index is 11.6. The van der Waals surface area contributed by atoms with Gasteiger partial charge in [0.05, 0.1) is 0 Å². The van der Waals surface area contributed by atoms with Gasteiger partial charge in [-0.2, -0.15) is 0 Å². The standard InChI is InChI=1S/C11H9NO6/c13-6-1-2-8(14)7(5-6)11(17)18-12-9(15)3-4-10(12)16/h1-2,5,13-14H,3-4H2. The number of aromatic hydroxyl groups is 2. The van der Waals surface area contributed by atoms with Gasteiger partial charge < -0.3 is 15.1 Å². The van der Waals surface area contributed by atoms with E-state index in [9.17, 15) is 24.6 Å². The summed E-state index contributed by atoms with van der Waals surface area (Å²) in [6.45, 7) is 0. The molecule has 2 amide bonds. The number of hydroxylamine groups is 2. The predicted molar refractivity (Wildman–Crippen MR) is 56.3 cm³/mol. The lowest BCUT2D eigenvalue weighted by atomic mass is 10.2. The fraction of sp³-hybridized carbons (Fsp3) is 0.182. The smallest absolute Gasteiger partial charge is 0.367 e. The fourth-order valence-electron chi connectivity index (χ4n) is 1.48. The van der Waals surface area contributed by atoms with Crippen molar-refractivity contribution >= 4 is 17.8 Å². The zero-order valence-corrected chi connectivity index (χ0v) is 9.12. The van der Waals surface area contributed by atoms with Gasteiger partial charge in [0.1, 0.15) is 17.1 Å². The maximum absolute atomic E-state index is 11.6. The van der Waals surface area contributed by atoms with Crippen LogP contribution in [0.25, 0.3) is 0 Å². The summed E-state index contributed by atoms with van der Waals surface area (Å²) in [5, 5.41) is 19.0. The maximum Gasteiger partial charge on any atom is 0.367 e. The monoisotopic (exact) mass is 251 g/mol. The van der Waals surface area contributed by atoms with E-state index < -0.39 is 23.5 Å². The van der Waals surface area contributed by atoms with E-state index in [2.05, 4.69) is 4.84 Å². The van der Waals surface area contributed by atoms with Crippen molar-refractivity contribution in [2.45, 2.75) is 12.8 Å². The van der Waals surface area contributed by atoms with Crippen LogP contribution in [-0.4, -0.2) is 33.1 Å². The minimum Gasteiger partial charge on any atom is -0.508 e. The molecule has 0 bridgehead atoms. The second kappa shape index (κ2) is 4.36. The van der Waals surface area contributed by atoms with E-state index in [4.69, 9.17) is 0 Å². The minimum absolute atomic E-state index is 0.0157. The summed E-state index contributed by atoms with van der Waals surface area (Å²) in [6.07, 6.45) is -0.0315. The normalized spacial score (nSPS) is 15.0. The molecule has 0 aromatic heterocycles. The molecule has 2 N–H and O–H groups in total. The summed E-state index contributed by atoms with van der Waals surface area (Å²) in [4.78, 5) is 38.6. The van der Waals surface area contributed by atoms with Gasteiger partial charge in [0.2, 0.25) is 0 Å². The molecule has 1 fully saturated rings. The van der Waals surface area contributed by atoms with Crippen molar-refractivity contribution in [3.05, 3.63) is 23.8 Å². The molecule has 18 heavy (non-hydrogen) atoms. The Morgan fingerprint density at radius 1 is 1.17 bits per heavy atom. The first kappa shape index (κ1) is 11.9. The molecule has 0 unspecified atom stereocenters. The van der Waals surface area contributed by atoms with E-state index in [1.807, 2.05) is 0 Å². The lowest BCUT2D eigenvalue weighted by molar-refractivity contribution is -0.172. The Labute approximate surface area is 101 Å². The van der Waals surface area contributed by atoms with Gasteiger partial charge in [0.25, 0.3) is 11.8 Å². The van der Waals surface area contributed by atoms with Crippen LogP contribution in [0, 0.1) is 0 Å². The molecule has 1 aromatic carbocycles. The Morgan fingerprint density at radius 3 is 2.39 bits per heavy atom. The zero-order valence-electron chi connectivity index (χ0n) is 9.12. The van der Waals surface area contributed by atoms with Gasteiger partial charge >= 0.3 is 5.97 Å². The number of rotatable bonds is 2. The molecule has 0 spiro atoms. The first-order chi connectivity index (χ1) is 8.49. The highest BCUT2D eigenvalue weighted by Crippen LogP contribution is 2.24. The highest BCUT2D eigenvalue weighted by molar-refractivity contribution is 6.03. The van der Waals surface area contributed by atoms with E-state index in [1.54, 1.807) is 0 Å². The van der Waals surface area contributed by atoms with Crippen molar-refractivity contribution in [3.8, 4) is 11.5 Å². The third-order valence-electron chi connectivity index (χ3n) is 2.38. The van der Waals surface area contributed by atoms with Gasteiger partial charge in [-0.05, 0) is 18.2 Å². The van der Waals surface area contributed by atoms with Gasteiger partial charge in [0, 0.05) is 12.8 Å². The second-order valence-electron chi connectivity index (χ2n) is 3.66. The molecular weight excluding hydrogens is 242 g/mol. The van der Waals surface area contributed by atoms with Gasteiger partial charge in [-0.25, -0.2) is 4.79 Å². The molecule has 1 heterocycles. The Bertz CT molecular complexity index is 522. The number of carbonyl (C=O) groups excluding carboxylic acids is 3. The Morgan fingerprint density at radius 2 is 1.78 bits per heavy atom. The molecule has 94 valence electrons. The van der Waals surface area contributed by atoms with Crippen molar-refractivity contribution in [2.24, 2.45) is 0 Å². The molecule has 1 aliphatic heterocycles. The Balaban J connectivity index is 2.19. The number of imide groups is 1. The number of phenolic OH excluding ortho intramolecular Hbond substituents is 2. The number of phenols is 2. The summed E-state index contributed by atoms with van der Waals surface area (Å²) in [5.74, 6) is -3.00. The molecule has 0 atom stereocenters. The minimum atomic E-state index is -1.09. The molecule has 1 saturated heterocycles. The Kier molecular flexibility index (Phi) is 2.88. The molecule has 0 saturated carbocycles. The first-order valence-corrected chi connectivity index (χ1v) is 5.09. The van der Waals surface area contributed by atoms with E-state index in [0.29, 0.717) is 5.06 Å². The highest BCUT2D eigenvalue weighted by Gasteiger charge is 2.33. The summed E-state index contributed by atoms with van der Waals surface area (Å²) >= 11 is 0. The molecule has 1 aromatic rings. The van der Waals surface area contributed by atoms with Gasteiger partial charge in [0.15, 0.2) is 0 Å². The van der Waals surface area contributed by atoms with E-state index in [0.717, 1.165) is 12.1 Å². The molecule has 7 heteroatoms. The number of hydrogen-bond acceptors (Lipinski definition) is 6. The van der Waals surface area contributed by atoms with Crippen molar-refractivity contribution in [2.75, 3.05) is 0 Å². The van der Waals surface area contributed by atoms with E-state index >= 15 is 0 Å². The van der Waals surface area contributed by atoms with Crippen LogP contribution in [0.3, 0.4) is 0 Å². The van der Waals surface area contributed by atoms with Crippen LogP contribution in [0.4, 0.5) is 0 Å². The fourth-order valence-corrected chi connectivity index (χ4v) is 1.48. The predicted octanol–water partition coefficient (Wildman–Crippen LogP) is 0.319. The van der Waals surface area contributed by atoms with E-state index in [-0.39, 0.29) is 24.2 Å². The summed E-state index contributed by atoms with van der Waals surface area (Å²) < 4.78 is 0. The van der Waals surface area contributed by atoms with Gasteiger partial charge in [-0.15, -0.1) is 5.06 Å². The topological polar surface area (TPSA) is 104 Å². The van der Waals surface area contributed by atoms with Gasteiger partial charge in [-0.1, -0.05) is 0 Å². The lowest BCUT2D eigenvalue weighted by Gasteiger charge is -2.13. The summed E-state index contributed by atoms with van der Waals surface area (Å²) in [5.41, 5.74) is -0.331. The molecule has 0 aliphatic carbocycles. The van der Waals surface area contributed by atoms with Crippen LogP contribution in [0.5, 0.6) is 11.5 Å². The molecule has 2 rings (SSSR count). The van der Waals surface area contributed by atoms with Crippen molar-refractivity contribution in [1.29, 1.82) is 0 Å². The molecular formula is C11H9NO6. The van der Waals surface area contributed by atoms with Gasteiger partial charge in [-0.3, -0.25) is 9.59 Å². The van der Waals surface area contributed by atoms with Crippen LogP contribution in [-0.2, 0) is 14.4 Å².